The summed E-state index contributed by atoms with van der Waals surface area (Å²) in [5.74, 6) is 0.249. The number of Topliss-reactive ketones (excluding diaryl/α,β-unsaturated/α-hetero) is 1. The average molecular weight is 468 g/mol. The highest BCUT2D eigenvalue weighted by atomic mass is 16.5. The molecule has 0 saturated heterocycles. The van der Waals surface area contributed by atoms with Crippen LogP contribution in [0.4, 0.5) is 11.4 Å². The number of carbonyl (C=O) groups is 2. The van der Waals surface area contributed by atoms with E-state index in [4.69, 9.17) is 9.73 Å². The minimum atomic E-state index is -0.483. The van der Waals surface area contributed by atoms with Crippen molar-refractivity contribution in [1.82, 2.24) is 4.98 Å². The van der Waals surface area contributed by atoms with E-state index in [2.05, 4.69) is 18.8 Å². The number of para-hydroxylation sites is 2. The number of benzene rings is 2. The molecule has 5 rings (SSSR count). The monoisotopic (exact) mass is 467 g/mol. The van der Waals surface area contributed by atoms with E-state index in [0.717, 1.165) is 34.0 Å². The van der Waals surface area contributed by atoms with E-state index in [0.29, 0.717) is 19.4 Å². The molecular weight excluding hydrogens is 438 g/mol. The molecule has 6 nitrogen and oxygen atoms in total. The molecule has 0 N–H and O–H groups in total. The summed E-state index contributed by atoms with van der Waals surface area (Å²) in [6, 6.07) is 18.7. The first kappa shape index (κ1) is 23.0. The Morgan fingerprint density at radius 1 is 1.03 bits per heavy atom. The van der Waals surface area contributed by atoms with Crippen LogP contribution in [-0.2, 0) is 16.2 Å². The van der Waals surface area contributed by atoms with Crippen LogP contribution in [0, 0.1) is 11.3 Å². The Kier molecular flexibility index (Phi) is 5.97. The van der Waals surface area contributed by atoms with Crippen molar-refractivity contribution in [2.24, 2.45) is 16.3 Å². The van der Waals surface area contributed by atoms with Gasteiger partial charge in [0.05, 0.1) is 23.3 Å². The van der Waals surface area contributed by atoms with Crippen LogP contribution in [0.25, 0.3) is 0 Å². The van der Waals surface area contributed by atoms with Crippen LogP contribution >= 0.6 is 0 Å². The molecule has 35 heavy (non-hydrogen) atoms. The first-order chi connectivity index (χ1) is 16.8. The van der Waals surface area contributed by atoms with Crippen molar-refractivity contribution in [2.45, 2.75) is 46.3 Å². The predicted octanol–water partition coefficient (Wildman–Crippen LogP) is 5.85. The summed E-state index contributed by atoms with van der Waals surface area (Å²) in [6.07, 6.45) is 4.66. The van der Waals surface area contributed by atoms with Crippen LogP contribution in [0.2, 0.25) is 0 Å². The average Bonchev–Trinajstić information content (AvgIpc) is 2.97. The van der Waals surface area contributed by atoms with E-state index in [1.54, 1.807) is 24.2 Å². The highest BCUT2D eigenvalue weighted by Gasteiger charge is 2.47. The van der Waals surface area contributed by atoms with E-state index >= 15 is 0 Å². The van der Waals surface area contributed by atoms with Crippen molar-refractivity contribution in [3.8, 4) is 5.75 Å². The van der Waals surface area contributed by atoms with E-state index in [1.807, 2.05) is 60.7 Å². The van der Waals surface area contributed by atoms with Crippen molar-refractivity contribution in [3.63, 3.8) is 0 Å². The van der Waals surface area contributed by atoms with Crippen LogP contribution in [0.1, 0.15) is 50.8 Å². The number of anilines is 1. The Bertz CT molecular complexity index is 1280. The molecule has 2 unspecified atom stereocenters. The zero-order chi connectivity index (χ0) is 24.6. The lowest BCUT2D eigenvalue weighted by atomic mass is 9.68. The highest BCUT2D eigenvalue weighted by Crippen LogP contribution is 2.48. The van der Waals surface area contributed by atoms with Crippen LogP contribution in [0.5, 0.6) is 5.75 Å². The number of amides is 1. The topological polar surface area (TPSA) is 71.9 Å². The molecule has 2 aliphatic rings. The van der Waals surface area contributed by atoms with Crippen LogP contribution < -0.4 is 9.64 Å². The maximum Gasteiger partial charge on any atom is 0.224 e. The molecule has 178 valence electrons. The van der Waals surface area contributed by atoms with E-state index in [1.165, 1.54) is 0 Å². The summed E-state index contributed by atoms with van der Waals surface area (Å²) in [7, 11) is 0. The Morgan fingerprint density at radius 2 is 1.74 bits per heavy atom. The Labute approximate surface area is 205 Å². The summed E-state index contributed by atoms with van der Waals surface area (Å²) >= 11 is 0. The SMILES string of the molecule is CC(=O)N1c2ccccc2N=C2CC(C)(C)CC(=O)C2C1c1ccc(OCc2ccncc2)cc1. The number of ether oxygens (including phenoxy) is 1. The van der Waals surface area contributed by atoms with Gasteiger partial charge in [-0.05, 0) is 59.4 Å². The lowest BCUT2D eigenvalue weighted by Gasteiger charge is -2.40. The number of aromatic nitrogens is 1. The Balaban J connectivity index is 1.54. The molecule has 1 fully saturated rings. The number of ketones is 1. The van der Waals surface area contributed by atoms with Gasteiger partial charge in [0, 0.05) is 31.4 Å². The Hall–Kier alpha value is -3.80. The fourth-order valence-corrected chi connectivity index (χ4v) is 5.23. The Morgan fingerprint density at radius 3 is 2.46 bits per heavy atom. The fraction of sp³-hybridized carbons (Fsp3) is 0.310. The van der Waals surface area contributed by atoms with Gasteiger partial charge >= 0.3 is 0 Å². The van der Waals surface area contributed by atoms with Crippen LogP contribution in [-0.4, -0.2) is 22.4 Å². The van der Waals surface area contributed by atoms with Crippen LogP contribution in [0.15, 0.2) is 78.0 Å². The second-order valence-electron chi connectivity index (χ2n) is 10.1. The number of aliphatic imine (C=N–C) groups is 1. The van der Waals surface area contributed by atoms with Crippen molar-refractivity contribution in [3.05, 3.63) is 84.2 Å². The number of hydrogen-bond acceptors (Lipinski definition) is 5. The second kappa shape index (κ2) is 9.10. The molecule has 6 heteroatoms. The standard InChI is InChI=1S/C29H29N3O3/c1-19(33)32-25-7-5-4-6-23(25)31-24-16-29(2,3)17-26(34)27(24)28(32)21-8-10-22(11-9-21)35-18-20-12-14-30-15-13-20/h4-15,27-28H,16-18H2,1-3H3. The first-order valence-corrected chi connectivity index (χ1v) is 11.9. The number of rotatable bonds is 4. The summed E-state index contributed by atoms with van der Waals surface area (Å²) in [5.41, 5.74) is 4.07. The highest BCUT2D eigenvalue weighted by molar-refractivity contribution is 6.12. The van der Waals surface area contributed by atoms with Gasteiger partial charge in [-0.2, -0.15) is 0 Å². The normalized spacial score (nSPS) is 20.8. The zero-order valence-corrected chi connectivity index (χ0v) is 20.3. The zero-order valence-electron chi connectivity index (χ0n) is 20.3. The summed E-state index contributed by atoms with van der Waals surface area (Å²) in [4.78, 5) is 37.4. The van der Waals surface area contributed by atoms with Gasteiger partial charge < -0.3 is 9.64 Å². The van der Waals surface area contributed by atoms with Crippen molar-refractivity contribution >= 4 is 28.8 Å². The lowest BCUT2D eigenvalue weighted by molar-refractivity contribution is -0.124. The molecule has 3 aromatic rings. The molecule has 1 aromatic heterocycles. The van der Waals surface area contributed by atoms with Gasteiger partial charge in [0.1, 0.15) is 18.1 Å². The minimum absolute atomic E-state index is 0.116. The number of pyridine rings is 1. The lowest BCUT2D eigenvalue weighted by Crippen LogP contribution is -2.46. The molecule has 0 spiro atoms. The third-order valence-corrected chi connectivity index (χ3v) is 6.73. The molecule has 2 heterocycles. The summed E-state index contributed by atoms with van der Waals surface area (Å²) in [6.45, 7) is 6.20. The van der Waals surface area contributed by atoms with Gasteiger partial charge in [0.15, 0.2) is 0 Å². The quantitative estimate of drug-likeness (QED) is 0.483. The maximum atomic E-state index is 13.6. The molecule has 2 aromatic carbocycles. The molecule has 1 amide bonds. The molecule has 1 aliphatic carbocycles. The molecule has 1 aliphatic heterocycles. The van der Waals surface area contributed by atoms with Gasteiger partial charge in [-0.1, -0.05) is 38.1 Å². The van der Waals surface area contributed by atoms with Gasteiger partial charge in [-0.3, -0.25) is 19.6 Å². The molecule has 0 radical (unpaired) electrons. The molecule has 2 atom stereocenters. The maximum absolute atomic E-state index is 13.6. The second-order valence-corrected chi connectivity index (χ2v) is 10.1. The van der Waals surface area contributed by atoms with E-state index in [-0.39, 0.29) is 17.1 Å². The minimum Gasteiger partial charge on any atom is -0.489 e. The third kappa shape index (κ3) is 4.61. The number of hydrogen-bond donors (Lipinski definition) is 0. The molecule has 1 saturated carbocycles. The molecular formula is C29H29N3O3. The smallest absolute Gasteiger partial charge is 0.224 e. The van der Waals surface area contributed by atoms with Crippen molar-refractivity contribution in [1.29, 1.82) is 0 Å². The largest absolute Gasteiger partial charge is 0.489 e. The van der Waals surface area contributed by atoms with Gasteiger partial charge in [0.25, 0.3) is 0 Å². The van der Waals surface area contributed by atoms with E-state index in [9.17, 15) is 9.59 Å². The van der Waals surface area contributed by atoms with E-state index < -0.39 is 12.0 Å². The van der Waals surface area contributed by atoms with Gasteiger partial charge in [0.2, 0.25) is 5.91 Å². The predicted molar refractivity (Wildman–Crippen MR) is 136 cm³/mol. The van der Waals surface area contributed by atoms with Gasteiger partial charge in [-0.15, -0.1) is 0 Å². The number of nitrogens with zero attached hydrogens (tertiary/aromatic N) is 3. The number of carbonyl (C=O) groups excluding carboxylic acids is 2. The fourth-order valence-electron chi connectivity index (χ4n) is 5.23. The number of fused-ring (bicyclic) bond motifs is 2. The van der Waals surface area contributed by atoms with Crippen LogP contribution in [0.3, 0.4) is 0 Å². The first-order valence-electron chi connectivity index (χ1n) is 11.9. The van der Waals surface area contributed by atoms with Crippen molar-refractivity contribution < 1.29 is 14.3 Å². The third-order valence-electron chi connectivity index (χ3n) is 6.73. The van der Waals surface area contributed by atoms with Crippen molar-refractivity contribution in [2.75, 3.05) is 4.90 Å². The summed E-state index contributed by atoms with van der Waals surface area (Å²) in [5, 5.41) is 0. The molecule has 0 bridgehead atoms. The summed E-state index contributed by atoms with van der Waals surface area (Å²) < 4.78 is 5.95. The van der Waals surface area contributed by atoms with Gasteiger partial charge in [-0.25, -0.2) is 0 Å².